The number of nitrogens with one attached hydrogen (secondary N) is 1. The number of thiazole rings is 1. The summed E-state index contributed by atoms with van der Waals surface area (Å²) in [5.41, 5.74) is 1.49. The Labute approximate surface area is 155 Å². The topological polar surface area (TPSA) is 51.2 Å². The van der Waals surface area contributed by atoms with E-state index < -0.39 is 0 Å². The van der Waals surface area contributed by atoms with Crippen molar-refractivity contribution in [2.75, 3.05) is 11.9 Å². The number of hydrogen-bond acceptors (Lipinski definition) is 5. The second kappa shape index (κ2) is 7.89. The van der Waals surface area contributed by atoms with E-state index in [1.165, 1.54) is 11.3 Å². The second-order valence-corrected chi connectivity index (χ2v) is 8.41. The van der Waals surface area contributed by atoms with Gasteiger partial charge in [0.25, 0.3) is 5.91 Å². The van der Waals surface area contributed by atoms with Gasteiger partial charge in [-0.25, -0.2) is 4.98 Å². The molecule has 1 heterocycles. The molecule has 0 aliphatic carbocycles. The highest BCUT2D eigenvalue weighted by Crippen LogP contribution is 2.30. The van der Waals surface area contributed by atoms with E-state index in [4.69, 9.17) is 4.74 Å². The minimum Gasteiger partial charge on any atom is -0.494 e. The van der Waals surface area contributed by atoms with Crippen molar-refractivity contribution in [3.8, 4) is 5.75 Å². The molecule has 0 aliphatic rings. The molecule has 0 bridgehead atoms. The summed E-state index contributed by atoms with van der Waals surface area (Å²) in [6.45, 7) is 6.84. The Morgan fingerprint density at radius 1 is 1.28 bits per heavy atom. The van der Waals surface area contributed by atoms with Gasteiger partial charge in [-0.2, -0.15) is 0 Å². The zero-order chi connectivity index (χ0) is 17.8. The van der Waals surface area contributed by atoms with Crippen molar-refractivity contribution in [1.82, 2.24) is 4.98 Å². The number of carbonyl (C=O) groups excluding carboxylic acids is 1. The fourth-order valence-electron chi connectivity index (χ4n) is 2.37. The zero-order valence-electron chi connectivity index (χ0n) is 14.4. The maximum Gasteiger partial charge on any atom is 0.257 e. The van der Waals surface area contributed by atoms with Crippen LogP contribution >= 0.6 is 23.1 Å². The summed E-state index contributed by atoms with van der Waals surface area (Å²) >= 11 is 3.19. The van der Waals surface area contributed by atoms with Crippen molar-refractivity contribution in [2.45, 2.75) is 30.9 Å². The average molecular weight is 373 g/mol. The van der Waals surface area contributed by atoms with Gasteiger partial charge in [0, 0.05) is 15.7 Å². The van der Waals surface area contributed by atoms with Crippen LogP contribution in [0.2, 0.25) is 0 Å². The highest BCUT2D eigenvalue weighted by molar-refractivity contribution is 7.99. The van der Waals surface area contributed by atoms with E-state index in [2.05, 4.69) is 24.1 Å². The molecule has 3 rings (SSSR count). The van der Waals surface area contributed by atoms with Crippen molar-refractivity contribution in [1.29, 1.82) is 0 Å². The van der Waals surface area contributed by atoms with E-state index in [9.17, 15) is 4.79 Å². The molecule has 0 radical (unpaired) electrons. The van der Waals surface area contributed by atoms with E-state index >= 15 is 0 Å². The number of benzene rings is 2. The normalized spacial score (nSPS) is 11.0. The van der Waals surface area contributed by atoms with Crippen LogP contribution in [-0.4, -0.2) is 22.7 Å². The summed E-state index contributed by atoms with van der Waals surface area (Å²) in [5.74, 6) is 0.672. The Morgan fingerprint density at radius 3 is 2.88 bits per heavy atom. The van der Waals surface area contributed by atoms with Crippen molar-refractivity contribution in [3.05, 3.63) is 48.0 Å². The third kappa shape index (κ3) is 4.52. The third-order valence-electron chi connectivity index (χ3n) is 3.36. The first-order chi connectivity index (χ1) is 12.0. The van der Waals surface area contributed by atoms with Gasteiger partial charge in [-0.05, 0) is 43.3 Å². The molecule has 130 valence electrons. The van der Waals surface area contributed by atoms with Crippen LogP contribution in [0.4, 0.5) is 5.13 Å². The largest absolute Gasteiger partial charge is 0.494 e. The monoisotopic (exact) mass is 372 g/mol. The van der Waals surface area contributed by atoms with E-state index in [1.54, 1.807) is 11.8 Å². The first-order valence-corrected chi connectivity index (χ1v) is 9.86. The zero-order valence-corrected chi connectivity index (χ0v) is 16.0. The number of hydrogen-bond donors (Lipinski definition) is 1. The highest BCUT2D eigenvalue weighted by atomic mass is 32.2. The molecule has 25 heavy (non-hydrogen) atoms. The van der Waals surface area contributed by atoms with E-state index in [0.717, 1.165) is 20.9 Å². The second-order valence-electron chi connectivity index (χ2n) is 5.73. The molecule has 1 aromatic heterocycles. The maximum absolute atomic E-state index is 12.5. The number of aromatic nitrogens is 1. The molecule has 3 aromatic rings. The molecule has 0 saturated heterocycles. The van der Waals surface area contributed by atoms with Crippen molar-refractivity contribution in [2.24, 2.45) is 0 Å². The van der Waals surface area contributed by atoms with E-state index in [-0.39, 0.29) is 5.91 Å². The van der Waals surface area contributed by atoms with Crippen LogP contribution in [0.3, 0.4) is 0 Å². The number of fused-ring (bicyclic) bond motifs is 1. The average Bonchev–Trinajstić information content (AvgIpc) is 2.96. The lowest BCUT2D eigenvalue weighted by Crippen LogP contribution is -2.11. The smallest absolute Gasteiger partial charge is 0.257 e. The molecule has 2 aromatic carbocycles. The fraction of sp³-hybridized carbons (Fsp3) is 0.263. The van der Waals surface area contributed by atoms with Crippen LogP contribution < -0.4 is 10.1 Å². The van der Waals surface area contributed by atoms with Crippen LogP contribution in [0.15, 0.2) is 47.4 Å². The third-order valence-corrected chi connectivity index (χ3v) is 5.29. The predicted octanol–water partition coefficient (Wildman–Crippen LogP) is 5.45. The van der Waals surface area contributed by atoms with Crippen LogP contribution in [0.5, 0.6) is 5.75 Å². The van der Waals surface area contributed by atoms with Gasteiger partial charge < -0.3 is 4.74 Å². The van der Waals surface area contributed by atoms with Gasteiger partial charge in [-0.15, -0.1) is 11.8 Å². The van der Waals surface area contributed by atoms with Gasteiger partial charge in [0.05, 0.1) is 16.8 Å². The van der Waals surface area contributed by atoms with Gasteiger partial charge in [-0.1, -0.05) is 31.3 Å². The SMILES string of the molecule is CCOc1ccc2nc(NC(=O)c3cccc(SC(C)C)c3)sc2c1. The van der Waals surface area contributed by atoms with E-state index in [0.29, 0.717) is 22.6 Å². The lowest BCUT2D eigenvalue weighted by molar-refractivity contribution is 0.102. The summed E-state index contributed by atoms with van der Waals surface area (Å²) in [6.07, 6.45) is 0. The van der Waals surface area contributed by atoms with Crippen molar-refractivity contribution in [3.63, 3.8) is 0 Å². The first-order valence-electron chi connectivity index (χ1n) is 8.16. The standard InChI is InChI=1S/C19H20N2O2S2/c1-4-23-14-8-9-16-17(11-14)25-19(20-16)21-18(22)13-6-5-7-15(10-13)24-12(2)3/h5-12H,4H2,1-3H3,(H,20,21,22). The number of thioether (sulfide) groups is 1. The van der Waals surface area contributed by atoms with Crippen molar-refractivity contribution >= 4 is 44.4 Å². The van der Waals surface area contributed by atoms with Gasteiger partial charge >= 0.3 is 0 Å². The summed E-state index contributed by atoms with van der Waals surface area (Å²) in [6, 6.07) is 13.4. The molecule has 0 saturated carbocycles. The van der Waals surface area contributed by atoms with Gasteiger partial charge in [0.2, 0.25) is 0 Å². The Bertz CT molecular complexity index is 890. The molecule has 0 atom stereocenters. The lowest BCUT2D eigenvalue weighted by atomic mass is 10.2. The Balaban J connectivity index is 1.77. The van der Waals surface area contributed by atoms with Gasteiger partial charge in [-0.3, -0.25) is 10.1 Å². The molecule has 6 heteroatoms. The number of rotatable bonds is 6. The molecule has 0 fully saturated rings. The van der Waals surface area contributed by atoms with Crippen LogP contribution in [-0.2, 0) is 0 Å². The predicted molar refractivity (Wildman–Crippen MR) is 106 cm³/mol. The van der Waals surface area contributed by atoms with E-state index in [1.807, 2.05) is 49.4 Å². The molecule has 0 aliphatic heterocycles. The number of ether oxygens (including phenoxy) is 1. The summed E-state index contributed by atoms with van der Waals surface area (Å²) < 4.78 is 6.50. The number of nitrogens with zero attached hydrogens (tertiary/aromatic N) is 1. The Kier molecular flexibility index (Phi) is 5.60. The number of carbonyl (C=O) groups is 1. The molecule has 0 spiro atoms. The molecule has 0 unspecified atom stereocenters. The van der Waals surface area contributed by atoms with Crippen molar-refractivity contribution < 1.29 is 9.53 Å². The molecule has 1 N–H and O–H groups in total. The maximum atomic E-state index is 12.5. The fourth-order valence-corrected chi connectivity index (χ4v) is 4.15. The minimum absolute atomic E-state index is 0.143. The molecular weight excluding hydrogens is 352 g/mol. The minimum atomic E-state index is -0.143. The first kappa shape index (κ1) is 17.8. The summed E-state index contributed by atoms with van der Waals surface area (Å²) in [7, 11) is 0. The Morgan fingerprint density at radius 2 is 2.12 bits per heavy atom. The number of anilines is 1. The lowest BCUT2D eigenvalue weighted by Gasteiger charge is -2.07. The van der Waals surface area contributed by atoms with Gasteiger partial charge in [0.15, 0.2) is 5.13 Å². The van der Waals surface area contributed by atoms with Crippen LogP contribution in [0.25, 0.3) is 10.2 Å². The molecular formula is C19H20N2O2S2. The molecule has 1 amide bonds. The highest BCUT2D eigenvalue weighted by Gasteiger charge is 2.11. The summed E-state index contributed by atoms with van der Waals surface area (Å²) in [5, 5.41) is 3.97. The summed E-state index contributed by atoms with van der Waals surface area (Å²) in [4.78, 5) is 18.1. The number of amides is 1. The molecule has 4 nitrogen and oxygen atoms in total. The van der Waals surface area contributed by atoms with Crippen LogP contribution in [0.1, 0.15) is 31.1 Å². The van der Waals surface area contributed by atoms with Crippen LogP contribution in [0, 0.1) is 0 Å². The van der Waals surface area contributed by atoms with Gasteiger partial charge in [0.1, 0.15) is 5.75 Å². The quantitative estimate of drug-likeness (QED) is 0.585. The Hall–Kier alpha value is -2.05.